The Bertz CT molecular complexity index is 1040. The van der Waals surface area contributed by atoms with Crippen molar-refractivity contribution in [2.45, 2.75) is 200 Å². The molecule has 0 aromatic heterocycles. The average molecular weight is 796 g/mol. The van der Waals surface area contributed by atoms with Crippen molar-refractivity contribution in [1.29, 1.82) is 0 Å². The molecule has 0 aromatic rings. The first kappa shape index (κ1) is 53.0. The number of esters is 1. The fourth-order valence-electron chi connectivity index (χ4n) is 5.89. The van der Waals surface area contributed by atoms with E-state index in [-0.39, 0.29) is 32.1 Å². The minimum Gasteiger partial charge on any atom is -0.463 e. The standard InChI is InChI=1S/C45H82NO8P/c1-3-5-7-9-11-13-15-17-19-20-21-22-24-26-28-30-32-34-36-38-45(49)52-41-43(47)42-54-55(50,51)53-40-39-46-44(48)37-35-33-31-29-27-25-23-18-16-14-12-10-8-6-4-2/h11,13,17,19,21-22,26,28,43,47H,3-10,12,14-16,18,20,23-25,27,29-42H2,1-2H3,(H,46,48)(H,50,51)/b13-11-,19-17-,22-21-,28-26-. The quantitative estimate of drug-likeness (QED) is 0.0241. The van der Waals surface area contributed by atoms with E-state index in [2.05, 4.69) is 67.8 Å². The Morgan fingerprint density at radius 3 is 1.51 bits per heavy atom. The number of rotatable bonds is 41. The van der Waals surface area contributed by atoms with Gasteiger partial charge in [-0.15, -0.1) is 0 Å². The van der Waals surface area contributed by atoms with Gasteiger partial charge in [-0.3, -0.25) is 18.6 Å². The summed E-state index contributed by atoms with van der Waals surface area (Å²) >= 11 is 0. The average Bonchev–Trinajstić information content (AvgIpc) is 3.17. The van der Waals surface area contributed by atoms with E-state index in [0.29, 0.717) is 12.8 Å². The first-order valence-corrected chi connectivity index (χ1v) is 23.6. The fraction of sp³-hybridized carbons (Fsp3) is 0.778. The van der Waals surface area contributed by atoms with E-state index < -0.39 is 26.5 Å². The molecule has 0 saturated carbocycles. The van der Waals surface area contributed by atoms with Crippen LogP contribution < -0.4 is 5.32 Å². The predicted molar refractivity (Wildman–Crippen MR) is 229 cm³/mol. The van der Waals surface area contributed by atoms with Crippen LogP contribution in [-0.2, 0) is 27.9 Å². The minimum absolute atomic E-state index is 0.0786. The summed E-state index contributed by atoms with van der Waals surface area (Å²) in [4.78, 5) is 33.9. The number of allylic oxidation sites excluding steroid dienone is 8. The number of aliphatic hydroxyl groups is 1. The summed E-state index contributed by atoms with van der Waals surface area (Å²) in [7, 11) is -4.42. The van der Waals surface area contributed by atoms with Gasteiger partial charge in [0.1, 0.15) is 12.7 Å². The molecular weight excluding hydrogens is 713 g/mol. The van der Waals surface area contributed by atoms with Gasteiger partial charge in [-0.25, -0.2) is 4.57 Å². The Labute approximate surface area is 336 Å². The molecule has 0 bridgehead atoms. The van der Waals surface area contributed by atoms with Gasteiger partial charge >= 0.3 is 13.8 Å². The number of phosphoric acid groups is 1. The van der Waals surface area contributed by atoms with Crippen molar-refractivity contribution < 1.29 is 37.9 Å². The summed E-state index contributed by atoms with van der Waals surface area (Å²) in [5.41, 5.74) is 0. The van der Waals surface area contributed by atoms with Crippen molar-refractivity contribution in [2.75, 3.05) is 26.4 Å². The van der Waals surface area contributed by atoms with Crippen molar-refractivity contribution >= 4 is 19.7 Å². The molecule has 0 saturated heterocycles. The van der Waals surface area contributed by atoms with Gasteiger partial charge in [0, 0.05) is 19.4 Å². The van der Waals surface area contributed by atoms with Gasteiger partial charge in [0.25, 0.3) is 0 Å². The molecule has 320 valence electrons. The van der Waals surface area contributed by atoms with Gasteiger partial charge in [0.05, 0.1) is 13.2 Å². The second-order valence-corrected chi connectivity index (χ2v) is 16.1. The van der Waals surface area contributed by atoms with E-state index in [4.69, 9.17) is 13.8 Å². The topological polar surface area (TPSA) is 131 Å². The number of ether oxygens (including phenoxy) is 1. The number of unbranched alkanes of at least 4 members (excludes halogenated alkanes) is 20. The lowest BCUT2D eigenvalue weighted by Crippen LogP contribution is -2.27. The number of hydrogen-bond donors (Lipinski definition) is 3. The van der Waals surface area contributed by atoms with Crippen molar-refractivity contribution in [1.82, 2.24) is 5.32 Å². The van der Waals surface area contributed by atoms with Crippen LogP contribution in [-0.4, -0.2) is 54.3 Å². The van der Waals surface area contributed by atoms with Gasteiger partial charge < -0.3 is 20.1 Å². The lowest BCUT2D eigenvalue weighted by Gasteiger charge is -2.15. The summed E-state index contributed by atoms with van der Waals surface area (Å²) in [6.07, 6.45) is 47.5. The molecule has 55 heavy (non-hydrogen) atoms. The summed E-state index contributed by atoms with van der Waals surface area (Å²) < 4.78 is 26.9. The van der Waals surface area contributed by atoms with Crippen LogP contribution in [0, 0.1) is 0 Å². The predicted octanol–water partition coefficient (Wildman–Crippen LogP) is 12.3. The molecule has 0 heterocycles. The molecule has 0 rings (SSSR count). The maximum atomic E-state index is 12.1. The monoisotopic (exact) mass is 796 g/mol. The van der Waals surface area contributed by atoms with E-state index in [0.717, 1.165) is 57.8 Å². The molecule has 10 heteroatoms. The number of hydrogen-bond acceptors (Lipinski definition) is 7. The van der Waals surface area contributed by atoms with Crippen LogP contribution in [0.2, 0.25) is 0 Å². The smallest absolute Gasteiger partial charge is 0.463 e. The number of nitrogens with one attached hydrogen (secondary N) is 1. The van der Waals surface area contributed by atoms with Crippen molar-refractivity contribution in [3.05, 3.63) is 48.6 Å². The van der Waals surface area contributed by atoms with Crippen LogP contribution in [0.1, 0.15) is 194 Å². The van der Waals surface area contributed by atoms with Crippen LogP contribution in [0.5, 0.6) is 0 Å². The van der Waals surface area contributed by atoms with E-state index >= 15 is 0 Å². The maximum absolute atomic E-state index is 12.1. The van der Waals surface area contributed by atoms with Gasteiger partial charge in [-0.1, -0.05) is 172 Å². The second kappa shape index (κ2) is 41.6. The number of phosphoric ester groups is 1. The molecule has 2 unspecified atom stereocenters. The Morgan fingerprint density at radius 1 is 0.564 bits per heavy atom. The number of carbonyl (C=O) groups is 2. The zero-order chi connectivity index (χ0) is 40.3. The van der Waals surface area contributed by atoms with Gasteiger partial charge in [0.2, 0.25) is 5.91 Å². The molecule has 0 spiro atoms. The first-order chi connectivity index (χ1) is 26.8. The zero-order valence-corrected chi connectivity index (χ0v) is 36.0. The van der Waals surface area contributed by atoms with E-state index in [1.54, 1.807) is 0 Å². The van der Waals surface area contributed by atoms with Crippen LogP contribution in [0.4, 0.5) is 0 Å². The highest BCUT2D eigenvalue weighted by atomic mass is 31.2. The van der Waals surface area contributed by atoms with Crippen molar-refractivity contribution in [2.24, 2.45) is 0 Å². The molecule has 2 atom stereocenters. The van der Waals surface area contributed by atoms with E-state index in [1.165, 1.54) is 103 Å². The Hall–Kier alpha value is -2.03. The van der Waals surface area contributed by atoms with Crippen LogP contribution in [0.25, 0.3) is 0 Å². The molecular formula is C45H82NO8P. The highest BCUT2D eigenvalue weighted by molar-refractivity contribution is 7.47. The summed E-state index contributed by atoms with van der Waals surface area (Å²) in [6.45, 7) is 3.50. The lowest BCUT2D eigenvalue weighted by molar-refractivity contribution is -0.147. The normalized spacial score (nSPS) is 13.7. The Balaban J connectivity index is 3.65. The van der Waals surface area contributed by atoms with E-state index in [1.807, 2.05) is 0 Å². The van der Waals surface area contributed by atoms with Crippen molar-refractivity contribution in [3.8, 4) is 0 Å². The SMILES string of the molecule is CCCCC/C=C\C/C=C\C/C=C\C/C=C\CCCCCC(=O)OCC(O)COP(=O)(O)OCCNC(=O)CCCCCCCCCCCCCCCCC. The van der Waals surface area contributed by atoms with E-state index in [9.17, 15) is 24.2 Å². The van der Waals surface area contributed by atoms with Crippen LogP contribution in [0.3, 0.4) is 0 Å². The van der Waals surface area contributed by atoms with Gasteiger partial charge in [-0.05, 0) is 57.8 Å². The number of amides is 1. The molecule has 0 aliphatic heterocycles. The highest BCUT2D eigenvalue weighted by Gasteiger charge is 2.23. The van der Waals surface area contributed by atoms with Crippen LogP contribution >= 0.6 is 7.82 Å². The molecule has 0 aliphatic rings. The lowest BCUT2D eigenvalue weighted by atomic mass is 10.0. The second-order valence-electron chi connectivity index (χ2n) is 14.7. The van der Waals surface area contributed by atoms with Crippen molar-refractivity contribution in [3.63, 3.8) is 0 Å². The first-order valence-electron chi connectivity index (χ1n) is 22.1. The number of carbonyl (C=O) groups excluding carboxylic acids is 2. The van der Waals surface area contributed by atoms with Crippen LogP contribution in [0.15, 0.2) is 48.6 Å². The molecule has 0 aromatic carbocycles. The Kier molecular flexibility index (Phi) is 40.1. The third kappa shape index (κ3) is 42.9. The molecule has 0 aliphatic carbocycles. The summed E-state index contributed by atoms with van der Waals surface area (Å²) in [5.74, 6) is -0.545. The fourth-order valence-corrected chi connectivity index (χ4v) is 6.65. The van der Waals surface area contributed by atoms with Gasteiger partial charge in [-0.2, -0.15) is 0 Å². The molecule has 0 fully saturated rings. The molecule has 1 amide bonds. The minimum atomic E-state index is -4.42. The summed E-state index contributed by atoms with van der Waals surface area (Å²) in [6, 6.07) is 0. The molecule has 9 nitrogen and oxygen atoms in total. The Morgan fingerprint density at radius 2 is 0.982 bits per heavy atom. The summed E-state index contributed by atoms with van der Waals surface area (Å²) in [5, 5.41) is 12.7. The zero-order valence-electron chi connectivity index (χ0n) is 35.1. The largest absolute Gasteiger partial charge is 0.472 e. The highest BCUT2D eigenvalue weighted by Crippen LogP contribution is 2.42. The molecule has 3 N–H and O–H groups in total. The maximum Gasteiger partial charge on any atom is 0.472 e. The third-order valence-electron chi connectivity index (χ3n) is 9.26. The number of aliphatic hydroxyl groups excluding tert-OH is 1. The third-order valence-corrected chi connectivity index (χ3v) is 10.2. The molecule has 0 radical (unpaired) electrons. The van der Waals surface area contributed by atoms with Gasteiger partial charge in [0.15, 0.2) is 0 Å².